The Labute approximate surface area is 81.9 Å². The molecular formula is C8H15NO5. The monoisotopic (exact) mass is 205 g/mol. The van der Waals surface area contributed by atoms with E-state index >= 15 is 0 Å². The van der Waals surface area contributed by atoms with Crippen molar-refractivity contribution in [1.82, 2.24) is 5.32 Å². The Hall–Kier alpha value is -1.14. The minimum Gasteiger partial charge on any atom is -0.480 e. The molecule has 14 heavy (non-hydrogen) atoms. The predicted molar refractivity (Wildman–Crippen MR) is 47.7 cm³/mol. The molecular weight excluding hydrogens is 190 g/mol. The Morgan fingerprint density at radius 1 is 1.50 bits per heavy atom. The summed E-state index contributed by atoms with van der Waals surface area (Å²) in [6.07, 6.45) is -0.715. The second kappa shape index (κ2) is 6.33. The lowest BCUT2D eigenvalue weighted by atomic mass is 10.2. The van der Waals surface area contributed by atoms with Crippen molar-refractivity contribution in [2.24, 2.45) is 0 Å². The average molecular weight is 205 g/mol. The number of aliphatic hydroxyl groups excluding tert-OH is 1. The van der Waals surface area contributed by atoms with Crippen molar-refractivity contribution in [3.8, 4) is 0 Å². The lowest BCUT2D eigenvalue weighted by molar-refractivity contribution is -0.144. The van der Waals surface area contributed by atoms with Crippen molar-refractivity contribution in [2.45, 2.75) is 25.5 Å². The normalized spacial score (nSPS) is 14.5. The van der Waals surface area contributed by atoms with Gasteiger partial charge in [0.2, 0.25) is 5.91 Å². The lowest BCUT2D eigenvalue weighted by Gasteiger charge is -2.15. The number of rotatable bonds is 6. The number of aliphatic carboxylic acids is 1. The minimum absolute atomic E-state index is 0.0164. The Kier molecular flexibility index (Phi) is 5.82. The molecule has 0 spiro atoms. The lowest BCUT2D eigenvalue weighted by Crippen LogP contribution is -2.45. The fraction of sp³-hybridized carbons (Fsp3) is 0.750. The molecule has 1 unspecified atom stereocenters. The van der Waals surface area contributed by atoms with E-state index in [1.54, 1.807) is 0 Å². The van der Waals surface area contributed by atoms with Crippen LogP contribution in [0.1, 0.15) is 13.3 Å². The van der Waals surface area contributed by atoms with E-state index < -0.39 is 24.0 Å². The van der Waals surface area contributed by atoms with Crippen LogP contribution in [0.5, 0.6) is 0 Å². The quantitative estimate of drug-likeness (QED) is 0.515. The van der Waals surface area contributed by atoms with Crippen molar-refractivity contribution in [2.75, 3.05) is 13.7 Å². The first-order valence-electron chi connectivity index (χ1n) is 4.19. The highest BCUT2D eigenvalue weighted by Gasteiger charge is 2.21. The highest BCUT2D eigenvalue weighted by Crippen LogP contribution is 1.94. The first-order valence-corrected chi connectivity index (χ1v) is 4.19. The zero-order chi connectivity index (χ0) is 11.1. The van der Waals surface area contributed by atoms with Crippen LogP contribution in [0.15, 0.2) is 0 Å². The maximum atomic E-state index is 11.2. The molecule has 0 aliphatic rings. The van der Waals surface area contributed by atoms with Gasteiger partial charge in [-0.2, -0.15) is 0 Å². The number of carboxylic acids is 1. The maximum Gasteiger partial charge on any atom is 0.326 e. The van der Waals surface area contributed by atoms with Gasteiger partial charge in [-0.3, -0.25) is 4.79 Å². The third-order valence-electron chi connectivity index (χ3n) is 1.76. The first kappa shape index (κ1) is 12.9. The van der Waals surface area contributed by atoms with Gasteiger partial charge < -0.3 is 20.3 Å². The smallest absolute Gasteiger partial charge is 0.326 e. The largest absolute Gasteiger partial charge is 0.480 e. The number of ether oxygens (including phenoxy) is 1. The fourth-order valence-electron chi connectivity index (χ4n) is 0.783. The predicted octanol–water partition coefficient (Wildman–Crippen LogP) is -1.03. The number of amides is 1. The summed E-state index contributed by atoms with van der Waals surface area (Å²) in [5, 5.41) is 19.4. The molecule has 6 nitrogen and oxygen atoms in total. The van der Waals surface area contributed by atoms with Crippen LogP contribution < -0.4 is 5.32 Å². The Morgan fingerprint density at radius 3 is 2.43 bits per heavy atom. The number of nitrogens with one attached hydrogen (secondary N) is 1. The maximum absolute atomic E-state index is 11.2. The SMILES string of the molecule is COC(C)C(=O)N[C@H](CCO)C(=O)O. The van der Waals surface area contributed by atoms with Crippen LogP contribution >= 0.6 is 0 Å². The van der Waals surface area contributed by atoms with Gasteiger partial charge in [-0.05, 0) is 6.92 Å². The average Bonchev–Trinajstić information content (AvgIpc) is 2.15. The molecule has 0 aromatic heterocycles. The zero-order valence-electron chi connectivity index (χ0n) is 8.19. The summed E-state index contributed by atoms with van der Waals surface area (Å²) in [5.74, 6) is -1.68. The number of methoxy groups -OCH3 is 1. The van der Waals surface area contributed by atoms with Crippen LogP contribution in [0, 0.1) is 0 Å². The van der Waals surface area contributed by atoms with Crippen LogP contribution in [-0.4, -0.2) is 48.0 Å². The topological polar surface area (TPSA) is 95.9 Å². The third-order valence-corrected chi connectivity index (χ3v) is 1.76. The van der Waals surface area contributed by atoms with Gasteiger partial charge in [-0.15, -0.1) is 0 Å². The molecule has 0 aliphatic carbocycles. The fourth-order valence-corrected chi connectivity index (χ4v) is 0.783. The van der Waals surface area contributed by atoms with Gasteiger partial charge in [0, 0.05) is 20.1 Å². The molecule has 0 rings (SSSR count). The van der Waals surface area contributed by atoms with Crippen LogP contribution in [-0.2, 0) is 14.3 Å². The van der Waals surface area contributed by atoms with Gasteiger partial charge in [0.15, 0.2) is 0 Å². The molecule has 3 N–H and O–H groups in total. The third kappa shape index (κ3) is 4.20. The molecule has 0 aliphatic heterocycles. The highest BCUT2D eigenvalue weighted by atomic mass is 16.5. The molecule has 0 saturated heterocycles. The minimum atomic E-state index is -1.17. The van der Waals surface area contributed by atoms with E-state index in [2.05, 4.69) is 5.32 Å². The summed E-state index contributed by atoms with van der Waals surface area (Å²) in [4.78, 5) is 21.8. The summed E-state index contributed by atoms with van der Waals surface area (Å²) in [6.45, 7) is 1.21. The number of carbonyl (C=O) groups is 2. The van der Waals surface area contributed by atoms with E-state index in [1.807, 2.05) is 0 Å². The molecule has 0 heterocycles. The van der Waals surface area contributed by atoms with E-state index in [-0.39, 0.29) is 13.0 Å². The summed E-state index contributed by atoms with van der Waals surface area (Å²) in [5.41, 5.74) is 0. The molecule has 82 valence electrons. The molecule has 1 amide bonds. The van der Waals surface area contributed by atoms with E-state index in [4.69, 9.17) is 14.9 Å². The number of hydrogen-bond donors (Lipinski definition) is 3. The molecule has 2 atom stereocenters. The van der Waals surface area contributed by atoms with Crippen molar-refractivity contribution >= 4 is 11.9 Å². The highest BCUT2D eigenvalue weighted by molar-refractivity contribution is 5.85. The van der Waals surface area contributed by atoms with E-state index in [9.17, 15) is 9.59 Å². The molecule has 0 saturated carbocycles. The summed E-state index contributed by atoms with van der Waals surface area (Å²) in [6, 6.07) is -1.06. The van der Waals surface area contributed by atoms with Gasteiger partial charge in [0.25, 0.3) is 0 Å². The first-order chi connectivity index (χ1) is 6.52. The molecule has 6 heteroatoms. The van der Waals surface area contributed by atoms with Crippen LogP contribution in [0.3, 0.4) is 0 Å². The van der Waals surface area contributed by atoms with Gasteiger partial charge >= 0.3 is 5.97 Å². The second-order valence-electron chi connectivity index (χ2n) is 2.79. The standard InChI is InChI=1S/C8H15NO5/c1-5(14-2)7(11)9-6(3-4-10)8(12)13/h5-6,10H,3-4H2,1-2H3,(H,9,11)(H,12,13)/t5?,6-/m1/s1. The van der Waals surface area contributed by atoms with Gasteiger partial charge in [0.05, 0.1) is 0 Å². The molecule has 0 aromatic carbocycles. The molecule has 0 radical (unpaired) electrons. The van der Waals surface area contributed by atoms with Crippen molar-refractivity contribution < 1.29 is 24.5 Å². The molecule has 0 bridgehead atoms. The molecule has 0 aromatic rings. The van der Waals surface area contributed by atoms with Gasteiger partial charge in [-0.25, -0.2) is 4.79 Å². The summed E-state index contributed by atoms with van der Waals surface area (Å²) >= 11 is 0. The van der Waals surface area contributed by atoms with Crippen LogP contribution in [0.25, 0.3) is 0 Å². The second-order valence-corrected chi connectivity index (χ2v) is 2.79. The number of carboxylic acid groups (broad SMARTS) is 1. The molecule has 0 fully saturated rings. The number of aliphatic hydroxyl groups is 1. The van der Waals surface area contributed by atoms with Crippen molar-refractivity contribution in [3.63, 3.8) is 0 Å². The Balaban J connectivity index is 4.15. The summed E-state index contributed by atoms with van der Waals surface area (Å²) in [7, 11) is 1.35. The Morgan fingerprint density at radius 2 is 2.07 bits per heavy atom. The zero-order valence-corrected chi connectivity index (χ0v) is 8.19. The van der Waals surface area contributed by atoms with E-state index in [1.165, 1.54) is 14.0 Å². The van der Waals surface area contributed by atoms with E-state index in [0.717, 1.165) is 0 Å². The number of carbonyl (C=O) groups excluding carboxylic acids is 1. The van der Waals surface area contributed by atoms with Crippen molar-refractivity contribution in [1.29, 1.82) is 0 Å². The summed E-state index contributed by atoms with van der Waals surface area (Å²) < 4.78 is 4.70. The van der Waals surface area contributed by atoms with E-state index in [0.29, 0.717) is 0 Å². The van der Waals surface area contributed by atoms with Crippen molar-refractivity contribution in [3.05, 3.63) is 0 Å². The van der Waals surface area contributed by atoms with Gasteiger partial charge in [0.1, 0.15) is 12.1 Å². The number of hydrogen-bond acceptors (Lipinski definition) is 4. The van der Waals surface area contributed by atoms with Gasteiger partial charge in [-0.1, -0.05) is 0 Å². The van der Waals surface area contributed by atoms with Crippen LogP contribution in [0.4, 0.5) is 0 Å². The Bertz CT molecular complexity index is 206. The van der Waals surface area contributed by atoms with Crippen LogP contribution in [0.2, 0.25) is 0 Å².